The smallest absolute Gasteiger partial charge is 0.159 e. The van der Waals surface area contributed by atoms with Gasteiger partial charge in [-0.05, 0) is 37.5 Å². The van der Waals surface area contributed by atoms with Crippen LogP contribution in [-0.2, 0) is 11.2 Å². The number of rotatable bonds is 7. The maximum Gasteiger partial charge on any atom is 0.159 e. The Labute approximate surface area is 113 Å². The molecule has 0 aliphatic heterocycles. The SMILES string of the molecule is CC(N)CCCC(C)C(=O)Cc1ccc(F)c(F)c1. The minimum Gasteiger partial charge on any atom is -0.328 e. The lowest BCUT2D eigenvalue weighted by molar-refractivity contribution is -0.121. The maximum atomic E-state index is 13.0. The van der Waals surface area contributed by atoms with Gasteiger partial charge in [-0.1, -0.05) is 19.4 Å². The number of nitrogens with two attached hydrogens (primary N) is 1. The van der Waals surface area contributed by atoms with Crippen LogP contribution < -0.4 is 5.73 Å². The zero-order valence-corrected chi connectivity index (χ0v) is 11.5. The Morgan fingerprint density at radius 2 is 1.89 bits per heavy atom. The summed E-state index contributed by atoms with van der Waals surface area (Å²) in [5, 5.41) is 0. The minimum atomic E-state index is -0.907. The molecule has 0 aliphatic rings. The van der Waals surface area contributed by atoms with Crippen LogP contribution in [0, 0.1) is 17.6 Å². The van der Waals surface area contributed by atoms with E-state index in [2.05, 4.69) is 0 Å². The number of carbonyl (C=O) groups excluding carboxylic acids is 1. The van der Waals surface area contributed by atoms with E-state index >= 15 is 0 Å². The number of ketones is 1. The van der Waals surface area contributed by atoms with Gasteiger partial charge in [-0.3, -0.25) is 4.79 Å². The second kappa shape index (κ2) is 7.34. The van der Waals surface area contributed by atoms with Gasteiger partial charge in [0.25, 0.3) is 0 Å². The average Bonchev–Trinajstić information content (AvgIpc) is 2.33. The van der Waals surface area contributed by atoms with E-state index < -0.39 is 11.6 Å². The highest BCUT2D eigenvalue weighted by molar-refractivity contribution is 5.82. The first-order valence-corrected chi connectivity index (χ1v) is 6.62. The van der Waals surface area contributed by atoms with Crippen LogP contribution in [0.25, 0.3) is 0 Å². The van der Waals surface area contributed by atoms with Gasteiger partial charge in [-0.25, -0.2) is 8.78 Å². The van der Waals surface area contributed by atoms with Crippen LogP contribution in [0.4, 0.5) is 8.78 Å². The molecule has 0 amide bonds. The molecular formula is C15H21F2NO. The molecule has 2 nitrogen and oxygen atoms in total. The summed E-state index contributed by atoms with van der Waals surface area (Å²) in [4.78, 5) is 11.9. The molecule has 0 aromatic heterocycles. The Morgan fingerprint density at radius 3 is 2.47 bits per heavy atom. The fraction of sp³-hybridized carbons (Fsp3) is 0.533. The van der Waals surface area contributed by atoms with E-state index in [4.69, 9.17) is 5.73 Å². The van der Waals surface area contributed by atoms with Gasteiger partial charge in [0.2, 0.25) is 0 Å². The molecule has 0 fully saturated rings. The molecule has 106 valence electrons. The Hall–Kier alpha value is -1.29. The first-order chi connectivity index (χ1) is 8.90. The summed E-state index contributed by atoms with van der Waals surface area (Å²) in [5.74, 6) is -1.82. The second-order valence-electron chi connectivity index (χ2n) is 5.20. The van der Waals surface area contributed by atoms with E-state index in [0.717, 1.165) is 31.4 Å². The predicted octanol–water partition coefficient (Wildman–Crippen LogP) is 3.23. The highest BCUT2D eigenvalue weighted by Gasteiger charge is 2.14. The van der Waals surface area contributed by atoms with Crippen LogP contribution in [-0.4, -0.2) is 11.8 Å². The summed E-state index contributed by atoms with van der Waals surface area (Å²) in [6.45, 7) is 3.80. The molecule has 1 aromatic carbocycles. The summed E-state index contributed by atoms with van der Waals surface area (Å²) in [7, 11) is 0. The number of halogens is 2. The molecule has 0 spiro atoms. The van der Waals surface area contributed by atoms with Crippen molar-refractivity contribution in [3.63, 3.8) is 0 Å². The van der Waals surface area contributed by atoms with E-state index in [9.17, 15) is 13.6 Å². The van der Waals surface area contributed by atoms with Crippen molar-refractivity contribution in [1.82, 2.24) is 0 Å². The van der Waals surface area contributed by atoms with Crippen molar-refractivity contribution in [2.45, 2.75) is 45.6 Å². The molecule has 2 atom stereocenters. The lowest BCUT2D eigenvalue weighted by Crippen LogP contribution is -2.17. The Morgan fingerprint density at radius 1 is 1.21 bits per heavy atom. The monoisotopic (exact) mass is 269 g/mol. The zero-order valence-electron chi connectivity index (χ0n) is 11.5. The largest absolute Gasteiger partial charge is 0.328 e. The molecule has 0 saturated carbocycles. The summed E-state index contributed by atoms with van der Waals surface area (Å²) in [6.07, 6.45) is 2.73. The van der Waals surface area contributed by atoms with E-state index in [-0.39, 0.29) is 24.2 Å². The zero-order chi connectivity index (χ0) is 14.4. The van der Waals surface area contributed by atoms with Gasteiger partial charge in [-0.15, -0.1) is 0 Å². The summed E-state index contributed by atoms with van der Waals surface area (Å²) >= 11 is 0. The van der Waals surface area contributed by atoms with Crippen molar-refractivity contribution in [1.29, 1.82) is 0 Å². The first-order valence-electron chi connectivity index (χ1n) is 6.62. The summed E-state index contributed by atoms with van der Waals surface area (Å²) in [5.41, 5.74) is 6.16. The lowest BCUT2D eigenvalue weighted by atomic mass is 9.94. The van der Waals surface area contributed by atoms with E-state index in [1.807, 2.05) is 13.8 Å². The van der Waals surface area contributed by atoms with Gasteiger partial charge in [0.1, 0.15) is 5.78 Å². The molecule has 0 bridgehead atoms. The highest BCUT2D eigenvalue weighted by atomic mass is 19.2. The molecule has 19 heavy (non-hydrogen) atoms. The fourth-order valence-electron chi connectivity index (χ4n) is 1.93. The van der Waals surface area contributed by atoms with E-state index in [0.29, 0.717) is 5.56 Å². The van der Waals surface area contributed by atoms with Crippen LogP contribution >= 0.6 is 0 Å². The number of hydrogen-bond acceptors (Lipinski definition) is 2. The van der Waals surface area contributed by atoms with Crippen molar-refractivity contribution < 1.29 is 13.6 Å². The van der Waals surface area contributed by atoms with Crippen LogP contribution in [0.5, 0.6) is 0 Å². The average molecular weight is 269 g/mol. The molecule has 2 unspecified atom stereocenters. The predicted molar refractivity (Wildman–Crippen MR) is 71.7 cm³/mol. The topological polar surface area (TPSA) is 43.1 Å². The summed E-state index contributed by atoms with van der Waals surface area (Å²) in [6, 6.07) is 3.74. The Balaban J connectivity index is 2.47. The number of hydrogen-bond donors (Lipinski definition) is 1. The molecule has 0 saturated heterocycles. The third kappa shape index (κ3) is 5.47. The van der Waals surface area contributed by atoms with Crippen molar-refractivity contribution in [3.05, 3.63) is 35.4 Å². The Kier molecular flexibility index (Phi) is 6.09. The van der Waals surface area contributed by atoms with Crippen LogP contribution in [0.2, 0.25) is 0 Å². The van der Waals surface area contributed by atoms with Gasteiger partial charge >= 0.3 is 0 Å². The van der Waals surface area contributed by atoms with E-state index in [1.54, 1.807) is 0 Å². The third-order valence-electron chi connectivity index (χ3n) is 3.21. The quantitative estimate of drug-likeness (QED) is 0.825. The Bertz CT molecular complexity index is 432. The summed E-state index contributed by atoms with van der Waals surface area (Å²) < 4.78 is 25.8. The number of benzene rings is 1. The van der Waals surface area contributed by atoms with Crippen LogP contribution in [0.1, 0.15) is 38.7 Å². The number of carbonyl (C=O) groups is 1. The molecule has 2 N–H and O–H groups in total. The van der Waals surface area contributed by atoms with Gasteiger partial charge < -0.3 is 5.73 Å². The molecular weight excluding hydrogens is 248 g/mol. The molecule has 0 heterocycles. The normalized spacial score (nSPS) is 14.2. The number of Topliss-reactive ketones (excluding diaryl/α,β-unsaturated/α-hetero) is 1. The second-order valence-corrected chi connectivity index (χ2v) is 5.20. The highest BCUT2D eigenvalue weighted by Crippen LogP contribution is 2.15. The maximum absolute atomic E-state index is 13.0. The molecule has 0 radical (unpaired) electrons. The van der Waals surface area contributed by atoms with Crippen molar-refractivity contribution in [2.24, 2.45) is 11.7 Å². The van der Waals surface area contributed by atoms with E-state index in [1.165, 1.54) is 6.07 Å². The molecule has 1 aromatic rings. The minimum absolute atomic E-state index is 0.0516. The van der Waals surface area contributed by atoms with Crippen LogP contribution in [0.3, 0.4) is 0 Å². The molecule has 1 rings (SSSR count). The van der Waals surface area contributed by atoms with Gasteiger partial charge in [-0.2, -0.15) is 0 Å². The van der Waals surface area contributed by atoms with Crippen molar-refractivity contribution >= 4 is 5.78 Å². The molecule has 0 aliphatic carbocycles. The first kappa shape index (κ1) is 15.8. The third-order valence-corrected chi connectivity index (χ3v) is 3.21. The van der Waals surface area contributed by atoms with Crippen molar-refractivity contribution in [2.75, 3.05) is 0 Å². The van der Waals surface area contributed by atoms with Gasteiger partial charge in [0, 0.05) is 18.4 Å². The van der Waals surface area contributed by atoms with Crippen LogP contribution in [0.15, 0.2) is 18.2 Å². The standard InChI is InChI=1S/C15H21F2NO/c1-10(4-3-5-11(2)18)15(19)9-12-6-7-13(16)14(17)8-12/h6-8,10-11H,3-5,9,18H2,1-2H3. The van der Waals surface area contributed by atoms with Gasteiger partial charge in [0.05, 0.1) is 0 Å². The lowest BCUT2D eigenvalue weighted by Gasteiger charge is -2.11. The van der Waals surface area contributed by atoms with Crippen molar-refractivity contribution in [3.8, 4) is 0 Å². The van der Waals surface area contributed by atoms with Gasteiger partial charge in [0.15, 0.2) is 11.6 Å². The molecule has 4 heteroatoms. The fourth-order valence-corrected chi connectivity index (χ4v) is 1.93.